The van der Waals surface area contributed by atoms with Gasteiger partial charge in [-0.05, 0) is 42.5 Å². The molecule has 0 saturated carbocycles. The molecule has 0 radical (unpaired) electrons. The lowest BCUT2D eigenvalue weighted by Gasteiger charge is -2.18. The molecule has 1 aliphatic rings. The fourth-order valence-corrected chi connectivity index (χ4v) is 3.59. The quantitative estimate of drug-likeness (QED) is 0.568. The molecule has 3 aromatic rings. The van der Waals surface area contributed by atoms with E-state index in [1.165, 1.54) is 16.8 Å². The van der Waals surface area contributed by atoms with Crippen LogP contribution in [0.5, 0.6) is 0 Å². The van der Waals surface area contributed by atoms with Crippen molar-refractivity contribution in [3.8, 4) is 5.69 Å². The lowest BCUT2D eigenvalue weighted by molar-refractivity contribution is -0.127. The maximum Gasteiger partial charge on any atom is 0.255 e. The second-order valence-corrected chi connectivity index (χ2v) is 7.60. The van der Waals surface area contributed by atoms with Crippen molar-refractivity contribution in [2.75, 3.05) is 23.7 Å². The Morgan fingerprint density at radius 1 is 0.968 bits per heavy atom. The highest BCUT2D eigenvalue weighted by atomic mass is 35.5. The number of benzene rings is 1. The summed E-state index contributed by atoms with van der Waals surface area (Å²) in [5.41, 5.74) is 1.14. The minimum atomic E-state index is -0.528. The summed E-state index contributed by atoms with van der Waals surface area (Å²) in [6, 6.07) is 15.1. The number of amides is 2. The van der Waals surface area contributed by atoms with Crippen LogP contribution in [0, 0.1) is 11.8 Å². The van der Waals surface area contributed by atoms with Gasteiger partial charge in [0.25, 0.3) is 5.56 Å². The number of rotatable bonds is 5. The summed E-state index contributed by atoms with van der Waals surface area (Å²) < 4.78 is 1.51. The molecule has 3 N–H and O–H groups in total. The molecule has 1 aromatic carbocycles. The first-order valence-electron chi connectivity index (χ1n) is 9.73. The molecule has 2 atom stereocenters. The van der Waals surface area contributed by atoms with Crippen LogP contribution in [-0.2, 0) is 9.59 Å². The minimum Gasteiger partial charge on any atom is -0.326 e. The standard InChI is InChI=1S/C22H20ClN5O3/c23-14-4-9-19(25-11-14)27-22(31)18-13-24-12-17(18)21(30)26-15-5-7-16(8-6-15)28-10-2-1-3-20(28)29/h1-11,17-18,24H,12-13H2,(H,26,30)(H,25,27,31)/t17-,18-/m0/s1. The molecule has 1 aliphatic heterocycles. The van der Waals surface area contributed by atoms with Crippen LogP contribution in [0.3, 0.4) is 0 Å². The highest BCUT2D eigenvalue weighted by Crippen LogP contribution is 2.22. The first-order valence-corrected chi connectivity index (χ1v) is 10.1. The van der Waals surface area contributed by atoms with E-state index in [1.807, 2.05) is 0 Å². The Morgan fingerprint density at radius 2 is 1.68 bits per heavy atom. The number of carbonyl (C=O) groups is 2. The van der Waals surface area contributed by atoms with Gasteiger partial charge in [0.15, 0.2) is 0 Å². The van der Waals surface area contributed by atoms with Crippen LogP contribution >= 0.6 is 11.6 Å². The van der Waals surface area contributed by atoms with E-state index in [4.69, 9.17) is 11.6 Å². The Morgan fingerprint density at radius 3 is 2.32 bits per heavy atom. The van der Waals surface area contributed by atoms with Crippen LogP contribution in [0.2, 0.25) is 5.02 Å². The zero-order valence-corrected chi connectivity index (χ0v) is 17.2. The Balaban J connectivity index is 1.41. The van der Waals surface area contributed by atoms with E-state index in [1.54, 1.807) is 54.7 Å². The predicted molar refractivity (Wildman–Crippen MR) is 118 cm³/mol. The number of carbonyl (C=O) groups excluding carboxylic acids is 2. The topological polar surface area (TPSA) is 105 Å². The van der Waals surface area contributed by atoms with Crippen LogP contribution in [-0.4, -0.2) is 34.5 Å². The minimum absolute atomic E-state index is 0.139. The summed E-state index contributed by atoms with van der Waals surface area (Å²) in [5.74, 6) is -1.20. The van der Waals surface area contributed by atoms with Crippen LogP contribution in [0.25, 0.3) is 5.69 Å². The van der Waals surface area contributed by atoms with E-state index in [0.717, 1.165) is 0 Å². The Hall–Kier alpha value is -3.49. The van der Waals surface area contributed by atoms with Crippen molar-refractivity contribution in [2.24, 2.45) is 11.8 Å². The largest absolute Gasteiger partial charge is 0.326 e. The lowest BCUT2D eigenvalue weighted by atomic mass is 9.94. The number of hydrogen-bond acceptors (Lipinski definition) is 5. The number of nitrogens with one attached hydrogen (secondary N) is 3. The molecule has 2 aromatic heterocycles. The zero-order chi connectivity index (χ0) is 21.8. The molecule has 1 fully saturated rings. The molecule has 0 spiro atoms. The van der Waals surface area contributed by atoms with Gasteiger partial charge in [-0.15, -0.1) is 0 Å². The summed E-state index contributed by atoms with van der Waals surface area (Å²) in [4.78, 5) is 41.5. The van der Waals surface area contributed by atoms with Gasteiger partial charge >= 0.3 is 0 Å². The summed E-state index contributed by atoms with van der Waals surface area (Å²) in [6.07, 6.45) is 3.13. The number of aromatic nitrogens is 2. The molecule has 0 unspecified atom stereocenters. The summed E-state index contributed by atoms with van der Waals surface area (Å²) >= 11 is 5.81. The summed E-state index contributed by atoms with van der Waals surface area (Å²) in [7, 11) is 0. The molecule has 0 bridgehead atoms. The zero-order valence-electron chi connectivity index (χ0n) is 16.4. The number of pyridine rings is 2. The molecule has 1 saturated heterocycles. The average Bonchev–Trinajstić information content (AvgIpc) is 3.27. The van der Waals surface area contributed by atoms with Crippen molar-refractivity contribution in [3.05, 3.63) is 82.4 Å². The van der Waals surface area contributed by atoms with E-state index in [2.05, 4.69) is 20.9 Å². The van der Waals surface area contributed by atoms with Gasteiger partial charge in [0.2, 0.25) is 11.8 Å². The molecule has 8 nitrogen and oxygen atoms in total. The van der Waals surface area contributed by atoms with E-state index >= 15 is 0 Å². The second kappa shape index (κ2) is 9.11. The predicted octanol–water partition coefficient (Wildman–Crippen LogP) is 2.30. The molecule has 3 heterocycles. The second-order valence-electron chi connectivity index (χ2n) is 7.17. The number of nitrogens with zero attached hydrogens (tertiary/aromatic N) is 2. The van der Waals surface area contributed by atoms with Crippen molar-refractivity contribution >= 4 is 34.9 Å². The number of anilines is 2. The van der Waals surface area contributed by atoms with E-state index in [-0.39, 0.29) is 17.4 Å². The molecule has 4 rings (SSSR count). The summed E-state index contributed by atoms with van der Waals surface area (Å²) in [5, 5.41) is 9.16. The van der Waals surface area contributed by atoms with Crippen LogP contribution in [0.1, 0.15) is 0 Å². The molecular formula is C22H20ClN5O3. The maximum absolute atomic E-state index is 12.8. The smallest absolute Gasteiger partial charge is 0.255 e. The fraction of sp³-hybridized carbons (Fsp3) is 0.182. The van der Waals surface area contributed by atoms with Gasteiger partial charge in [0, 0.05) is 42.9 Å². The third-order valence-corrected chi connectivity index (χ3v) is 5.33. The van der Waals surface area contributed by atoms with E-state index in [0.29, 0.717) is 35.3 Å². The normalized spacial score (nSPS) is 17.8. The first kappa shape index (κ1) is 20.8. The van der Waals surface area contributed by atoms with Gasteiger partial charge in [0.05, 0.1) is 16.9 Å². The maximum atomic E-state index is 12.8. The van der Waals surface area contributed by atoms with E-state index in [9.17, 15) is 14.4 Å². The van der Waals surface area contributed by atoms with Gasteiger partial charge in [-0.2, -0.15) is 0 Å². The van der Waals surface area contributed by atoms with Crippen LogP contribution < -0.4 is 21.5 Å². The molecule has 158 valence electrons. The van der Waals surface area contributed by atoms with Crippen molar-refractivity contribution in [2.45, 2.75) is 0 Å². The van der Waals surface area contributed by atoms with Gasteiger partial charge < -0.3 is 16.0 Å². The lowest BCUT2D eigenvalue weighted by Crippen LogP contribution is -2.35. The van der Waals surface area contributed by atoms with Crippen molar-refractivity contribution in [1.29, 1.82) is 0 Å². The third-order valence-electron chi connectivity index (χ3n) is 5.10. The Kier molecular flexibility index (Phi) is 6.11. The number of halogens is 1. The molecule has 31 heavy (non-hydrogen) atoms. The highest BCUT2D eigenvalue weighted by molar-refractivity contribution is 6.30. The van der Waals surface area contributed by atoms with Crippen molar-refractivity contribution < 1.29 is 9.59 Å². The first-order chi connectivity index (χ1) is 15.0. The van der Waals surface area contributed by atoms with Crippen molar-refractivity contribution in [1.82, 2.24) is 14.9 Å². The van der Waals surface area contributed by atoms with Crippen molar-refractivity contribution in [3.63, 3.8) is 0 Å². The Labute approximate surface area is 183 Å². The van der Waals surface area contributed by atoms with Gasteiger partial charge in [0.1, 0.15) is 5.82 Å². The van der Waals surface area contributed by atoms with Gasteiger partial charge in [-0.25, -0.2) is 4.98 Å². The molecule has 0 aliphatic carbocycles. The van der Waals surface area contributed by atoms with Crippen LogP contribution in [0.15, 0.2) is 71.8 Å². The summed E-state index contributed by atoms with van der Waals surface area (Å²) in [6.45, 7) is 0.794. The highest BCUT2D eigenvalue weighted by Gasteiger charge is 2.38. The Bertz CT molecular complexity index is 1140. The third kappa shape index (κ3) is 4.82. The van der Waals surface area contributed by atoms with Gasteiger partial charge in [-0.3, -0.25) is 19.0 Å². The monoisotopic (exact) mass is 437 g/mol. The molecule has 9 heteroatoms. The average molecular weight is 438 g/mol. The van der Waals surface area contributed by atoms with Gasteiger partial charge in [-0.1, -0.05) is 17.7 Å². The SMILES string of the molecule is O=C(Nc1ccc(-n2ccccc2=O)cc1)[C@H]1CNC[C@@H]1C(=O)Nc1ccc(Cl)cn1. The molecular weight excluding hydrogens is 418 g/mol. The van der Waals surface area contributed by atoms with E-state index < -0.39 is 11.8 Å². The molecule has 2 amide bonds. The number of hydrogen-bond donors (Lipinski definition) is 3. The van der Waals surface area contributed by atoms with Crippen LogP contribution in [0.4, 0.5) is 11.5 Å². The fourth-order valence-electron chi connectivity index (χ4n) is 3.48.